The number of nitrogens with zero attached hydrogens (tertiary/aromatic N) is 3. The Kier molecular flexibility index (Phi) is 2.53. The van der Waals surface area contributed by atoms with E-state index >= 15 is 0 Å². The molecule has 2 heterocycles. The van der Waals surface area contributed by atoms with Crippen LogP contribution in [0.3, 0.4) is 0 Å². The monoisotopic (exact) mass is 240 g/mol. The molecule has 2 N–H and O–H groups in total. The molecule has 0 aliphatic carbocycles. The number of benzene rings is 1. The van der Waals surface area contributed by atoms with Gasteiger partial charge in [0.2, 0.25) is 0 Å². The van der Waals surface area contributed by atoms with Gasteiger partial charge < -0.3 is 10.3 Å². The standard InChI is InChI=1S/C13H12N4O/c14-6-12-11-5-9(17-4-3-15-8-17)1-2-10(11)13(18)7-16-12/h1-5,8H,6-7,14H2. The Bertz CT molecular complexity index is 628. The van der Waals surface area contributed by atoms with E-state index < -0.39 is 0 Å². The van der Waals surface area contributed by atoms with Crippen LogP contribution in [0.5, 0.6) is 0 Å². The highest BCUT2D eigenvalue weighted by Gasteiger charge is 2.19. The topological polar surface area (TPSA) is 73.3 Å². The van der Waals surface area contributed by atoms with Crippen LogP contribution in [-0.4, -0.2) is 34.1 Å². The van der Waals surface area contributed by atoms with Crippen LogP contribution in [0.25, 0.3) is 5.69 Å². The largest absolute Gasteiger partial charge is 0.325 e. The third kappa shape index (κ3) is 1.65. The minimum atomic E-state index is 0.0411. The van der Waals surface area contributed by atoms with Crippen molar-refractivity contribution in [1.29, 1.82) is 0 Å². The molecule has 0 spiro atoms. The van der Waals surface area contributed by atoms with E-state index in [0.29, 0.717) is 12.1 Å². The summed E-state index contributed by atoms with van der Waals surface area (Å²) in [5.41, 5.74) is 8.94. The van der Waals surface area contributed by atoms with Gasteiger partial charge in [-0.2, -0.15) is 0 Å². The Labute approximate surface area is 104 Å². The number of carbonyl (C=O) groups is 1. The SMILES string of the molecule is NCC1=NCC(=O)c2ccc(-n3ccnc3)cc21. The summed E-state index contributed by atoms with van der Waals surface area (Å²) < 4.78 is 1.88. The Morgan fingerprint density at radius 3 is 2.94 bits per heavy atom. The number of aromatic nitrogens is 2. The summed E-state index contributed by atoms with van der Waals surface area (Å²) >= 11 is 0. The number of nitrogens with two attached hydrogens (primary N) is 1. The fourth-order valence-electron chi connectivity index (χ4n) is 2.10. The first-order chi connectivity index (χ1) is 8.79. The third-order valence-electron chi connectivity index (χ3n) is 3.02. The van der Waals surface area contributed by atoms with E-state index in [1.54, 1.807) is 12.5 Å². The Morgan fingerprint density at radius 1 is 1.33 bits per heavy atom. The van der Waals surface area contributed by atoms with Crippen LogP contribution in [0.15, 0.2) is 41.9 Å². The van der Waals surface area contributed by atoms with Crippen LogP contribution >= 0.6 is 0 Å². The molecule has 3 rings (SSSR count). The molecule has 1 aromatic heterocycles. The van der Waals surface area contributed by atoms with Crippen molar-refractivity contribution in [2.45, 2.75) is 0 Å². The van der Waals surface area contributed by atoms with Crippen molar-refractivity contribution in [3.05, 3.63) is 48.0 Å². The average Bonchev–Trinajstić information content (AvgIpc) is 2.93. The van der Waals surface area contributed by atoms with Gasteiger partial charge in [-0.15, -0.1) is 0 Å². The third-order valence-corrected chi connectivity index (χ3v) is 3.02. The van der Waals surface area contributed by atoms with E-state index in [9.17, 15) is 4.79 Å². The lowest BCUT2D eigenvalue weighted by atomic mass is 9.96. The van der Waals surface area contributed by atoms with Crippen molar-refractivity contribution < 1.29 is 4.79 Å². The maximum atomic E-state index is 11.8. The second-order valence-electron chi connectivity index (χ2n) is 4.09. The molecule has 1 aromatic carbocycles. The van der Waals surface area contributed by atoms with Crippen molar-refractivity contribution in [2.24, 2.45) is 10.7 Å². The number of ketones is 1. The molecule has 2 aromatic rings. The molecule has 5 heteroatoms. The maximum Gasteiger partial charge on any atom is 0.184 e. The smallest absolute Gasteiger partial charge is 0.184 e. The molecule has 5 nitrogen and oxygen atoms in total. The Balaban J connectivity index is 2.15. The van der Waals surface area contributed by atoms with Gasteiger partial charge in [0.25, 0.3) is 0 Å². The molecule has 0 saturated heterocycles. The molecular weight excluding hydrogens is 228 g/mol. The van der Waals surface area contributed by atoms with Crippen molar-refractivity contribution in [3.8, 4) is 5.69 Å². The lowest BCUT2D eigenvalue weighted by Crippen LogP contribution is -2.25. The minimum absolute atomic E-state index is 0.0411. The van der Waals surface area contributed by atoms with E-state index in [-0.39, 0.29) is 12.3 Å². The molecule has 0 radical (unpaired) electrons. The number of rotatable bonds is 2. The first-order valence-electron chi connectivity index (χ1n) is 5.69. The molecule has 0 fully saturated rings. The normalized spacial score (nSPS) is 14.3. The van der Waals surface area contributed by atoms with Gasteiger partial charge in [0.15, 0.2) is 5.78 Å². The summed E-state index contributed by atoms with van der Waals surface area (Å²) in [6.45, 7) is 0.539. The molecule has 0 atom stereocenters. The summed E-state index contributed by atoms with van der Waals surface area (Å²) in [6, 6.07) is 5.66. The van der Waals surface area contributed by atoms with Gasteiger partial charge in [-0.3, -0.25) is 9.79 Å². The summed E-state index contributed by atoms with van der Waals surface area (Å²) in [5, 5.41) is 0. The number of aliphatic imine (C=N–C) groups is 1. The highest BCUT2D eigenvalue weighted by atomic mass is 16.1. The van der Waals surface area contributed by atoms with Gasteiger partial charge in [0.05, 0.1) is 12.0 Å². The van der Waals surface area contributed by atoms with Crippen LogP contribution in [0.1, 0.15) is 15.9 Å². The lowest BCUT2D eigenvalue weighted by molar-refractivity contribution is 0.1000. The van der Waals surface area contributed by atoms with Gasteiger partial charge in [-0.25, -0.2) is 4.98 Å². The molecular formula is C13H12N4O. The van der Waals surface area contributed by atoms with Gasteiger partial charge >= 0.3 is 0 Å². The summed E-state index contributed by atoms with van der Waals surface area (Å²) in [6.07, 6.45) is 5.28. The number of hydrogen-bond donors (Lipinski definition) is 1. The molecule has 1 aliphatic heterocycles. The van der Waals surface area contributed by atoms with E-state index in [2.05, 4.69) is 9.98 Å². The fourth-order valence-corrected chi connectivity index (χ4v) is 2.10. The van der Waals surface area contributed by atoms with E-state index in [1.165, 1.54) is 0 Å². The highest BCUT2D eigenvalue weighted by molar-refractivity contribution is 6.16. The Morgan fingerprint density at radius 2 is 2.22 bits per heavy atom. The number of hydrogen-bond acceptors (Lipinski definition) is 4. The minimum Gasteiger partial charge on any atom is -0.325 e. The van der Waals surface area contributed by atoms with Crippen LogP contribution in [0.2, 0.25) is 0 Å². The number of carbonyl (C=O) groups excluding carboxylic acids is 1. The second kappa shape index (κ2) is 4.19. The zero-order valence-corrected chi connectivity index (χ0v) is 9.71. The van der Waals surface area contributed by atoms with Gasteiger partial charge in [-0.1, -0.05) is 0 Å². The quantitative estimate of drug-likeness (QED) is 0.844. The predicted molar refractivity (Wildman–Crippen MR) is 68.4 cm³/mol. The van der Waals surface area contributed by atoms with Crippen molar-refractivity contribution in [3.63, 3.8) is 0 Å². The van der Waals surface area contributed by atoms with Crippen LogP contribution in [-0.2, 0) is 0 Å². The zero-order chi connectivity index (χ0) is 12.5. The number of imidazole rings is 1. The second-order valence-corrected chi connectivity index (χ2v) is 4.09. The average molecular weight is 240 g/mol. The number of fused-ring (bicyclic) bond motifs is 1. The van der Waals surface area contributed by atoms with Crippen LogP contribution in [0.4, 0.5) is 0 Å². The van der Waals surface area contributed by atoms with E-state index in [4.69, 9.17) is 5.73 Å². The van der Waals surface area contributed by atoms with Crippen LogP contribution in [0, 0.1) is 0 Å². The fraction of sp³-hybridized carbons (Fsp3) is 0.154. The molecule has 0 unspecified atom stereocenters. The molecule has 1 aliphatic rings. The molecule has 0 bridgehead atoms. The van der Waals surface area contributed by atoms with E-state index in [0.717, 1.165) is 17.0 Å². The van der Waals surface area contributed by atoms with Gasteiger partial charge in [-0.05, 0) is 18.2 Å². The lowest BCUT2D eigenvalue weighted by Gasteiger charge is -2.16. The highest BCUT2D eigenvalue weighted by Crippen LogP contribution is 2.20. The number of Topliss-reactive ketones (excluding diaryl/α,β-unsaturated/α-hetero) is 1. The molecule has 0 amide bonds. The molecule has 18 heavy (non-hydrogen) atoms. The Hall–Kier alpha value is -2.27. The maximum absolute atomic E-state index is 11.8. The van der Waals surface area contributed by atoms with Crippen molar-refractivity contribution in [2.75, 3.05) is 13.1 Å². The summed E-state index contributed by atoms with van der Waals surface area (Å²) in [7, 11) is 0. The van der Waals surface area contributed by atoms with Crippen molar-refractivity contribution in [1.82, 2.24) is 9.55 Å². The molecule has 90 valence electrons. The summed E-state index contributed by atoms with van der Waals surface area (Å²) in [4.78, 5) is 20.0. The first-order valence-corrected chi connectivity index (χ1v) is 5.69. The van der Waals surface area contributed by atoms with Crippen molar-refractivity contribution >= 4 is 11.5 Å². The first kappa shape index (κ1) is 10.9. The van der Waals surface area contributed by atoms with E-state index in [1.807, 2.05) is 29.0 Å². The molecule has 0 saturated carbocycles. The van der Waals surface area contributed by atoms with Gasteiger partial charge in [0, 0.05) is 35.8 Å². The zero-order valence-electron chi connectivity index (χ0n) is 9.71. The van der Waals surface area contributed by atoms with Crippen LogP contribution < -0.4 is 5.73 Å². The van der Waals surface area contributed by atoms with Gasteiger partial charge in [0.1, 0.15) is 6.54 Å². The predicted octanol–water partition coefficient (Wildman–Crippen LogP) is 0.816. The summed E-state index contributed by atoms with van der Waals surface area (Å²) in [5.74, 6) is 0.0411.